The number of halogens is 1. The number of carbonyl (C=O) groups is 1. The van der Waals surface area contributed by atoms with E-state index in [1.54, 1.807) is 19.1 Å². The number of ether oxygens (including phenoxy) is 1. The quantitative estimate of drug-likeness (QED) is 0.772. The minimum absolute atomic E-state index is 0.111. The molecule has 0 bridgehead atoms. The van der Waals surface area contributed by atoms with Crippen LogP contribution in [0.3, 0.4) is 0 Å². The number of rotatable bonds is 4. The number of benzene rings is 1. The maximum Gasteiger partial charge on any atom is 0.307 e. The summed E-state index contributed by atoms with van der Waals surface area (Å²) in [5.74, 6) is -0.656. The largest absolute Gasteiger partial charge is 0.466 e. The zero-order valence-corrected chi connectivity index (χ0v) is 8.57. The van der Waals surface area contributed by atoms with Gasteiger partial charge in [-0.05, 0) is 24.6 Å². The number of esters is 1. The Bertz CT molecular complexity index is 324. The molecular formula is C11H14FNO2. The molecule has 2 N–H and O–H groups in total. The van der Waals surface area contributed by atoms with Gasteiger partial charge >= 0.3 is 5.97 Å². The summed E-state index contributed by atoms with van der Waals surface area (Å²) >= 11 is 0. The Morgan fingerprint density at radius 3 is 2.60 bits per heavy atom. The summed E-state index contributed by atoms with van der Waals surface area (Å²) in [5.41, 5.74) is 6.48. The first-order chi connectivity index (χ1) is 7.13. The highest BCUT2D eigenvalue weighted by atomic mass is 19.1. The van der Waals surface area contributed by atoms with Gasteiger partial charge in [0, 0.05) is 6.04 Å². The zero-order valence-electron chi connectivity index (χ0n) is 8.57. The van der Waals surface area contributed by atoms with Crippen molar-refractivity contribution in [2.45, 2.75) is 19.4 Å². The van der Waals surface area contributed by atoms with Gasteiger partial charge in [-0.3, -0.25) is 4.79 Å². The van der Waals surface area contributed by atoms with Gasteiger partial charge in [0.25, 0.3) is 0 Å². The molecule has 1 aromatic carbocycles. The lowest BCUT2D eigenvalue weighted by atomic mass is 10.1. The van der Waals surface area contributed by atoms with Crippen molar-refractivity contribution in [2.24, 2.45) is 5.73 Å². The summed E-state index contributed by atoms with van der Waals surface area (Å²) in [6.07, 6.45) is 0.111. The van der Waals surface area contributed by atoms with Crippen LogP contribution >= 0.6 is 0 Å². The average Bonchev–Trinajstić information content (AvgIpc) is 2.18. The van der Waals surface area contributed by atoms with Gasteiger partial charge in [-0.2, -0.15) is 0 Å². The monoisotopic (exact) mass is 211 g/mol. The van der Waals surface area contributed by atoms with E-state index in [9.17, 15) is 9.18 Å². The van der Waals surface area contributed by atoms with Crippen LogP contribution in [-0.4, -0.2) is 12.6 Å². The molecule has 3 nitrogen and oxygen atoms in total. The summed E-state index contributed by atoms with van der Waals surface area (Å²) in [6.45, 7) is 2.08. The van der Waals surface area contributed by atoms with Gasteiger partial charge in [-0.1, -0.05) is 12.1 Å². The van der Waals surface area contributed by atoms with Crippen LogP contribution in [0.2, 0.25) is 0 Å². The number of hydrogen-bond donors (Lipinski definition) is 1. The molecule has 4 heteroatoms. The molecule has 15 heavy (non-hydrogen) atoms. The van der Waals surface area contributed by atoms with E-state index in [1.165, 1.54) is 12.1 Å². The Balaban J connectivity index is 2.57. The van der Waals surface area contributed by atoms with Crippen LogP contribution in [0.15, 0.2) is 24.3 Å². The van der Waals surface area contributed by atoms with Crippen molar-refractivity contribution in [1.29, 1.82) is 0 Å². The SMILES string of the molecule is CCOC(=O)C[C@H](N)c1ccc(F)cc1. The van der Waals surface area contributed by atoms with Crippen molar-refractivity contribution < 1.29 is 13.9 Å². The molecule has 82 valence electrons. The summed E-state index contributed by atoms with van der Waals surface area (Å²) in [5, 5.41) is 0. The summed E-state index contributed by atoms with van der Waals surface area (Å²) < 4.78 is 17.4. The second kappa shape index (κ2) is 5.46. The molecule has 0 radical (unpaired) electrons. The number of nitrogens with two attached hydrogens (primary N) is 1. The predicted molar refractivity (Wildman–Crippen MR) is 54.6 cm³/mol. The molecule has 0 aliphatic carbocycles. The Labute approximate surface area is 88.0 Å². The van der Waals surface area contributed by atoms with E-state index < -0.39 is 6.04 Å². The van der Waals surface area contributed by atoms with E-state index >= 15 is 0 Å². The smallest absolute Gasteiger partial charge is 0.307 e. The molecule has 0 unspecified atom stereocenters. The molecule has 0 aliphatic heterocycles. The maximum atomic E-state index is 12.6. The minimum Gasteiger partial charge on any atom is -0.466 e. The Morgan fingerprint density at radius 1 is 1.47 bits per heavy atom. The van der Waals surface area contributed by atoms with Crippen LogP contribution in [0.4, 0.5) is 4.39 Å². The molecule has 1 atom stereocenters. The van der Waals surface area contributed by atoms with E-state index in [4.69, 9.17) is 10.5 Å². The average molecular weight is 211 g/mol. The first-order valence-corrected chi connectivity index (χ1v) is 4.80. The molecule has 0 amide bonds. The summed E-state index contributed by atoms with van der Waals surface area (Å²) in [6, 6.07) is 5.34. The molecule has 0 saturated carbocycles. The third-order valence-electron chi connectivity index (χ3n) is 1.99. The van der Waals surface area contributed by atoms with E-state index in [-0.39, 0.29) is 18.2 Å². The lowest BCUT2D eigenvalue weighted by Crippen LogP contribution is -2.17. The van der Waals surface area contributed by atoms with Crippen LogP contribution in [-0.2, 0) is 9.53 Å². The second-order valence-electron chi connectivity index (χ2n) is 3.17. The summed E-state index contributed by atoms with van der Waals surface area (Å²) in [7, 11) is 0. The van der Waals surface area contributed by atoms with Crippen molar-refractivity contribution in [1.82, 2.24) is 0 Å². The fraction of sp³-hybridized carbons (Fsp3) is 0.364. The lowest BCUT2D eigenvalue weighted by Gasteiger charge is -2.10. The van der Waals surface area contributed by atoms with E-state index in [2.05, 4.69) is 0 Å². The van der Waals surface area contributed by atoms with Gasteiger partial charge in [0.2, 0.25) is 0 Å². The lowest BCUT2D eigenvalue weighted by molar-refractivity contribution is -0.143. The van der Waals surface area contributed by atoms with E-state index in [0.717, 1.165) is 5.56 Å². The van der Waals surface area contributed by atoms with Gasteiger partial charge in [0.05, 0.1) is 13.0 Å². The van der Waals surface area contributed by atoms with Crippen molar-refractivity contribution in [3.63, 3.8) is 0 Å². The number of carbonyl (C=O) groups excluding carboxylic acids is 1. The Hall–Kier alpha value is -1.42. The fourth-order valence-corrected chi connectivity index (χ4v) is 1.23. The predicted octanol–water partition coefficient (Wildman–Crippen LogP) is 1.78. The van der Waals surface area contributed by atoms with Gasteiger partial charge in [0.15, 0.2) is 0 Å². The maximum absolute atomic E-state index is 12.6. The Morgan fingerprint density at radius 2 is 2.07 bits per heavy atom. The molecule has 0 aromatic heterocycles. The highest BCUT2D eigenvalue weighted by molar-refractivity contribution is 5.70. The summed E-state index contributed by atoms with van der Waals surface area (Å²) in [4.78, 5) is 11.1. The third-order valence-corrected chi connectivity index (χ3v) is 1.99. The first kappa shape index (κ1) is 11.7. The van der Waals surface area contributed by atoms with Crippen LogP contribution in [0.25, 0.3) is 0 Å². The first-order valence-electron chi connectivity index (χ1n) is 4.80. The van der Waals surface area contributed by atoms with Crippen LogP contribution in [0, 0.1) is 5.82 Å². The van der Waals surface area contributed by atoms with Crippen LogP contribution in [0.1, 0.15) is 24.9 Å². The zero-order chi connectivity index (χ0) is 11.3. The Kier molecular flexibility index (Phi) is 4.24. The molecule has 0 saturated heterocycles. The molecule has 0 spiro atoms. The number of hydrogen-bond acceptors (Lipinski definition) is 3. The standard InChI is InChI=1S/C11H14FNO2/c1-2-15-11(14)7-10(13)8-3-5-9(12)6-4-8/h3-6,10H,2,7,13H2,1H3/t10-/m0/s1. The minimum atomic E-state index is -0.440. The highest BCUT2D eigenvalue weighted by Gasteiger charge is 2.12. The molecular weight excluding hydrogens is 197 g/mol. The second-order valence-corrected chi connectivity index (χ2v) is 3.17. The van der Waals surface area contributed by atoms with E-state index in [0.29, 0.717) is 6.61 Å². The molecule has 0 aliphatic rings. The van der Waals surface area contributed by atoms with E-state index in [1.807, 2.05) is 0 Å². The molecule has 1 rings (SSSR count). The van der Waals surface area contributed by atoms with Crippen LogP contribution in [0.5, 0.6) is 0 Å². The van der Waals surface area contributed by atoms with Gasteiger partial charge in [0.1, 0.15) is 5.82 Å². The third kappa shape index (κ3) is 3.67. The van der Waals surface area contributed by atoms with Crippen molar-refractivity contribution in [2.75, 3.05) is 6.61 Å². The normalized spacial score (nSPS) is 12.2. The van der Waals surface area contributed by atoms with Crippen molar-refractivity contribution in [3.05, 3.63) is 35.6 Å². The fourth-order valence-electron chi connectivity index (χ4n) is 1.23. The van der Waals surface area contributed by atoms with Gasteiger partial charge in [-0.25, -0.2) is 4.39 Å². The molecule has 0 fully saturated rings. The topological polar surface area (TPSA) is 52.3 Å². The van der Waals surface area contributed by atoms with Crippen LogP contribution < -0.4 is 5.73 Å². The van der Waals surface area contributed by atoms with Gasteiger partial charge in [-0.15, -0.1) is 0 Å². The van der Waals surface area contributed by atoms with Gasteiger partial charge < -0.3 is 10.5 Å². The highest BCUT2D eigenvalue weighted by Crippen LogP contribution is 2.14. The molecule has 1 aromatic rings. The molecule has 0 heterocycles. The van der Waals surface area contributed by atoms with Crippen molar-refractivity contribution in [3.8, 4) is 0 Å². The van der Waals surface area contributed by atoms with Crippen molar-refractivity contribution >= 4 is 5.97 Å².